The molecule has 5 heteroatoms. The number of ether oxygens (including phenoxy) is 2. The maximum Gasteiger partial charge on any atom is 0.136 e. The predicted octanol–water partition coefficient (Wildman–Crippen LogP) is 4.04. The van der Waals surface area contributed by atoms with Crippen LogP contribution in [-0.4, -0.2) is 23.5 Å². The Morgan fingerprint density at radius 2 is 1.64 bits per heavy atom. The summed E-state index contributed by atoms with van der Waals surface area (Å²) in [4.78, 5) is 0. The van der Waals surface area contributed by atoms with E-state index in [9.17, 15) is 4.55 Å². The van der Waals surface area contributed by atoms with Crippen molar-refractivity contribution in [1.82, 2.24) is 4.72 Å². The predicted molar refractivity (Wildman–Crippen MR) is 103 cm³/mol. The lowest BCUT2D eigenvalue weighted by Crippen LogP contribution is -2.41. The largest absolute Gasteiger partial charge is 0.598 e. The molecule has 2 atom stereocenters. The quantitative estimate of drug-likeness (QED) is 0.756. The van der Waals surface area contributed by atoms with Crippen molar-refractivity contribution in [3.05, 3.63) is 59.7 Å². The van der Waals surface area contributed by atoms with Crippen molar-refractivity contribution in [2.75, 3.05) is 14.2 Å². The maximum atomic E-state index is 12.7. The molecule has 0 radical (unpaired) electrons. The number of rotatable bonds is 7. The molecular weight excluding hydrogens is 334 g/mol. The lowest BCUT2D eigenvalue weighted by Gasteiger charge is -2.28. The van der Waals surface area contributed by atoms with Gasteiger partial charge in [0.15, 0.2) is 0 Å². The number of benzene rings is 2. The van der Waals surface area contributed by atoms with Crippen LogP contribution in [0.1, 0.15) is 37.9 Å². The van der Waals surface area contributed by atoms with E-state index in [0.717, 1.165) is 22.6 Å². The summed E-state index contributed by atoms with van der Waals surface area (Å²) in [7, 11) is 3.32. The van der Waals surface area contributed by atoms with Crippen LogP contribution in [0.2, 0.25) is 0 Å². The van der Waals surface area contributed by atoms with Gasteiger partial charge in [-0.1, -0.05) is 30.3 Å². The van der Waals surface area contributed by atoms with Gasteiger partial charge in [-0.15, -0.1) is 4.72 Å². The molecule has 0 aliphatic carbocycles. The van der Waals surface area contributed by atoms with Crippen molar-refractivity contribution < 1.29 is 14.0 Å². The molecule has 0 saturated heterocycles. The average molecular weight is 362 g/mol. The van der Waals surface area contributed by atoms with Crippen LogP contribution in [0.15, 0.2) is 48.5 Å². The van der Waals surface area contributed by atoms with Gasteiger partial charge < -0.3 is 14.0 Å². The molecule has 2 aromatic rings. The summed E-state index contributed by atoms with van der Waals surface area (Å²) in [5.74, 6) is 1.64. The normalized spacial score (nSPS) is 14.0. The van der Waals surface area contributed by atoms with E-state index in [0.29, 0.717) is 6.42 Å². The third kappa shape index (κ3) is 5.39. The van der Waals surface area contributed by atoms with Crippen LogP contribution in [0.5, 0.6) is 11.5 Å². The monoisotopic (exact) mass is 361 g/mol. The van der Waals surface area contributed by atoms with Gasteiger partial charge in [0.25, 0.3) is 0 Å². The van der Waals surface area contributed by atoms with Crippen molar-refractivity contribution in [2.45, 2.75) is 38.0 Å². The van der Waals surface area contributed by atoms with E-state index in [1.807, 2.05) is 69.3 Å². The fourth-order valence-electron chi connectivity index (χ4n) is 2.46. The molecule has 0 amide bonds. The Morgan fingerprint density at radius 3 is 2.20 bits per heavy atom. The zero-order valence-electron chi connectivity index (χ0n) is 15.5. The lowest BCUT2D eigenvalue weighted by atomic mass is 9.99. The van der Waals surface area contributed by atoms with Gasteiger partial charge in [-0.2, -0.15) is 0 Å². The van der Waals surface area contributed by atoms with Crippen molar-refractivity contribution >= 4 is 11.4 Å². The second-order valence-electron chi connectivity index (χ2n) is 6.84. The Morgan fingerprint density at radius 1 is 1.00 bits per heavy atom. The summed E-state index contributed by atoms with van der Waals surface area (Å²) in [6.07, 6.45) is 0.679. The van der Waals surface area contributed by atoms with Gasteiger partial charge >= 0.3 is 0 Å². The molecule has 0 bridgehead atoms. The van der Waals surface area contributed by atoms with E-state index < -0.39 is 11.4 Å². The molecule has 136 valence electrons. The highest BCUT2D eigenvalue weighted by molar-refractivity contribution is 7.90. The maximum absolute atomic E-state index is 12.7. The SMILES string of the molecule is COc1ccc(C(Cc2ccccc2OC)N[S@+]([O-])C(C)(C)C)cc1. The van der Waals surface area contributed by atoms with E-state index in [4.69, 9.17) is 9.47 Å². The molecule has 0 aliphatic rings. The van der Waals surface area contributed by atoms with Crippen LogP contribution in [-0.2, 0) is 17.8 Å². The summed E-state index contributed by atoms with van der Waals surface area (Å²) in [6, 6.07) is 15.7. The van der Waals surface area contributed by atoms with Crippen molar-refractivity contribution in [3.63, 3.8) is 0 Å². The van der Waals surface area contributed by atoms with Gasteiger partial charge in [-0.3, -0.25) is 0 Å². The van der Waals surface area contributed by atoms with Gasteiger partial charge in [0.1, 0.15) is 16.2 Å². The summed E-state index contributed by atoms with van der Waals surface area (Å²) in [5.41, 5.74) is 2.13. The number of para-hydroxylation sites is 1. The van der Waals surface area contributed by atoms with Gasteiger partial charge in [0.05, 0.1) is 20.3 Å². The Kier molecular flexibility index (Phi) is 6.76. The van der Waals surface area contributed by atoms with Crippen molar-refractivity contribution in [1.29, 1.82) is 0 Å². The third-order valence-corrected chi connectivity index (χ3v) is 5.55. The first kappa shape index (κ1) is 19.6. The van der Waals surface area contributed by atoms with Gasteiger partial charge in [0.2, 0.25) is 0 Å². The Balaban J connectivity index is 2.30. The van der Waals surface area contributed by atoms with E-state index >= 15 is 0 Å². The van der Waals surface area contributed by atoms with Crippen LogP contribution in [0.4, 0.5) is 0 Å². The molecule has 0 heterocycles. The van der Waals surface area contributed by atoms with Gasteiger partial charge in [0, 0.05) is 11.4 Å². The minimum absolute atomic E-state index is 0.0951. The van der Waals surface area contributed by atoms with Gasteiger partial charge in [-0.05, 0) is 56.5 Å². The molecule has 1 N–H and O–H groups in total. The molecule has 0 saturated carbocycles. The summed E-state index contributed by atoms with van der Waals surface area (Å²) < 4.78 is 26.3. The minimum atomic E-state index is -1.18. The number of hydrogen-bond acceptors (Lipinski definition) is 4. The third-order valence-electron chi connectivity index (χ3n) is 3.94. The van der Waals surface area contributed by atoms with Crippen LogP contribution >= 0.6 is 0 Å². The Bertz CT molecular complexity index is 667. The van der Waals surface area contributed by atoms with E-state index in [1.165, 1.54) is 0 Å². The summed E-state index contributed by atoms with van der Waals surface area (Å²) >= 11 is -1.18. The molecule has 25 heavy (non-hydrogen) atoms. The molecule has 0 spiro atoms. The molecule has 4 nitrogen and oxygen atoms in total. The van der Waals surface area contributed by atoms with E-state index in [-0.39, 0.29) is 10.8 Å². The Labute approximate surface area is 153 Å². The van der Waals surface area contributed by atoms with E-state index in [2.05, 4.69) is 4.72 Å². The smallest absolute Gasteiger partial charge is 0.136 e. The molecule has 2 rings (SSSR count). The first-order valence-electron chi connectivity index (χ1n) is 8.29. The highest BCUT2D eigenvalue weighted by Gasteiger charge is 2.30. The fourth-order valence-corrected chi connectivity index (χ4v) is 3.29. The number of hydrogen-bond donors (Lipinski definition) is 1. The van der Waals surface area contributed by atoms with Crippen LogP contribution in [0.25, 0.3) is 0 Å². The fraction of sp³-hybridized carbons (Fsp3) is 0.400. The molecular formula is C20H27NO3S. The first-order chi connectivity index (χ1) is 11.8. The number of nitrogens with one attached hydrogen (secondary N) is 1. The summed E-state index contributed by atoms with van der Waals surface area (Å²) in [5, 5.41) is 0. The van der Waals surface area contributed by atoms with Crippen LogP contribution < -0.4 is 14.2 Å². The highest BCUT2D eigenvalue weighted by atomic mass is 32.2. The zero-order valence-corrected chi connectivity index (χ0v) is 16.4. The Hall–Kier alpha value is -1.69. The standard InChI is InChI=1S/C20H27NO3S/c1-20(2,3)25(22)21-18(15-10-12-17(23-4)13-11-15)14-16-8-6-7-9-19(16)24-5/h6-13,18,21H,14H2,1-5H3/t18?,25-/m1/s1. The number of methoxy groups -OCH3 is 2. The lowest BCUT2D eigenvalue weighted by molar-refractivity contribution is 0.406. The zero-order chi connectivity index (χ0) is 18.4. The van der Waals surface area contributed by atoms with E-state index in [1.54, 1.807) is 14.2 Å². The molecule has 0 fully saturated rings. The molecule has 1 unspecified atom stereocenters. The molecule has 2 aromatic carbocycles. The summed E-state index contributed by atoms with van der Waals surface area (Å²) in [6.45, 7) is 5.89. The van der Waals surface area contributed by atoms with Crippen molar-refractivity contribution in [2.24, 2.45) is 0 Å². The van der Waals surface area contributed by atoms with Crippen LogP contribution in [0.3, 0.4) is 0 Å². The first-order valence-corrected chi connectivity index (χ1v) is 9.44. The average Bonchev–Trinajstić information content (AvgIpc) is 2.60. The van der Waals surface area contributed by atoms with Crippen molar-refractivity contribution in [3.8, 4) is 11.5 Å². The topological polar surface area (TPSA) is 53.5 Å². The second kappa shape index (κ2) is 8.61. The van der Waals surface area contributed by atoms with Crippen LogP contribution in [0, 0.1) is 0 Å². The van der Waals surface area contributed by atoms with Gasteiger partial charge in [-0.25, -0.2) is 0 Å². The second-order valence-corrected chi connectivity index (χ2v) is 8.84. The molecule has 0 aromatic heterocycles. The molecule has 0 aliphatic heterocycles. The minimum Gasteiger partial charge on any atom is -0.598 e. The highest BCUT2D eigenvalue weighted by Crippen LogP contribution is 2.28.